The highest BCUT2D eigenvalue weighted by Gasteiger charge is 2.23. The number of thiazole rings is 1. The summed E-state index contributed by atoms with van der Waals surface area (Å²) >= 11 is 2.70. The number of thioether (sulfide) groups is 1. The highest BCUT2D eigenvalue weighted by Crippen LogP contribution is 2.39. The molecular formula is C16H14N2O3S2. The molecule has 0 spiro atoms. The van der Waals surface area contributed by atoms with Crippen LogP contribution in [0.25, 0.3) is 10.2 Å². The lowest BCUT2D eigenvalue weighted by Crippen LogP contribution is -2.07. The molecule has 1 aromatic carbocycles. The molecule has 0 bridgehead atoms. The van der Waals surface area contributed by atoms with Gasteiger partial charge in [-0.2, -0.15) is 0 Å². The van der Waals surface area contributed by atoms with Gasteiger partial charge >= 0.3 is 5.97 Å². The molecule has 5 nitrogen and oxygen atoms in total. The first kappa shape index (κ1) is 15.8. The number of benzene rings is 1. The number of fused-ring (bicyclic) bond motifs is 1. The molecule has 3 rings (SSSR count). The maximum Gasteiger partial charge on any atom is 0.321 e. The van der Waals surface area contributed by atoms with E-state index in [2.05, 4.69) is 9.97 Å². The third-order valence-corrected chi connectivity index (χ3v) is 5.46. The number of ether oxygens (including phenoxy) is 1. The highest BCUT2D eigenvalue weighted by atomic mass is 32.2. The van der Waals surface area contributed by atoms with Crippen molar-refractivity contribution in [3.8, 4) is 5.75 Å². The van der Waals surface area contributed by atoms with E-state index in [1.807, 2.05) is 25.1 Å². The Kier molecular flexibility index (Phi) is 4.78. The molecule has 1 atom stereocenters. The lowest BCUT2D eigenvalue weighted by atomic mass is 10.2. The summed E-state index contributed by atoms with van der Waals surface area (Å²) in [6.07, 6.45) is 3.19. The third kappa shape index (κ3) is 3.62. The molecule has 3 aromatic rings. The Morgan fingerprint density at radius 3 is 2.83 bits per heavy atom. The Labute approximate surface area is 141 Å². The van der Waals surface area contributed by atoms with Crippen LogP contribution in [0, 0.1) is 0 Å². The molecule has 23 heavy (non-hydrogen) atoms. The van der Waals surface area contributed by atoms with Crippen molar-refractivity contribution >= 4 is 39.3 Å². The van der Waals surface area contributed by atoms with E-state index in [9.17, 15) is 9.90 Å². The topological polar surface area (TPSA) is 72.3 Å². The first-order valence-corrected chi connectivity index (χ1v) is 8.69. The summed E-state index contributed by atoms with van der Waals surface area (Å²) in [7, 11) is 0. The minimum atomic E-state index is -0.893. The van der Waals surface area contributed by atoms with Gasteiger partial charge in [0.2, 0.25) is 0 Å². The molecule has 0 aliphatic heterocycles. The second-order valence-electron chi connectivity index (χ2n) is 4.66. The Morgan fingerprint density at radius 2 is 2.13 bits per heavy atom. The maximum atomic E-state index is 11.6. The highest BCUT2D eigenvalue weighted by molar-refractivity contribution is 8.02. The van der Waals surface area contributed by atoms with Gasteiger partial charge in [-0.3, -0.25) is 9.78 Å². The van der Waals surface area contributed by atoms with Crippen LogP contribution in [0.4, 0.5) is 0 Å². The molecule has 0 aliphatic carbocycles. The van der Waals surface area contributed by atoms with Gasteiger partial charge in [-0.1, -0.05) is 11.8 Å². The van der Waals surface area contributed by atoms with Gasteiger partial charge in [0, 0.05) is 12.4 Å². The Hall–Kier alpha value is -2.12. The first-order valence-electron chi connectivity index (χ1n) is 7.00. The number of aliphatic carboxylic acids is 1. The van der Waals surface area contributed by atoms with Crippen LogP contribution in [-0.2, 0) is 4.79 Å². The number of aromatic nitrogens is 2. The lowest BCUT2D eigenvalue weighted by molar-refractivity contribution is -0.136. The van der Waals surface area contributed by atoms with Crippen molar-refractivity contribution in [3.63, 3.8) is 0 Å². The monoisotopic (exact) mass is 346 g/mol. The van der Waals surface area contributed by atoms with Crippen LogP contribution in [0.3, 0.4) is 0 Å². The maximum absolute atomic E-state index is 11.6. The Balaban J connectivity index is 1.88. The number of carbonyl (C=O) groups is 1. The predicted molar refractivity (Wildman–Crippen MR) is 91.3 cm³/mol. The van der Waals surface area contributed by atoms with Crippen molar-refractivity contribution < 1.29 is 14.6 Å². The van der Waals surface area contributed by atoms with E-state index in [0.29, 0.717) is 12.2 Å². The molecule has 1 unspecified atom stereocenters. The summed E-state index contributed by atoms with van der Waals surface area (Å²) in [6, 6.07) is 9.13. The van der Waals surface area contributed by atoms with E-state index < -0.39 is 11.2 Å². The van der Waals surface area contributed by atoms with Crippen molar-refractivity contribution in [2.45, 2.75) is 16.5 Å². The van der Waals surface area contributed by atoms with E-state index in [-0.39, 0.29) is 0 Å². The van der Waals surface area contributed by atoms with Crippen LogP contribution in [0.1, 0.15) is 17.7 Å². The second kappa shape index (κ2) is 6.97. The summed E-state index contributed by atoms with van der Waals surface area (Å²) in [5, 5.41) is 8.79. The number of nitrogens with zero attached hydrogens (tertiary/aromatic N) is 2. The molecule has 1 N–H and O–H groups in total. The number of hydrogen-bond acceptors (Lipinski definition) is 6. The first-order chi connectivity index (χ1) is 11.2. The Bertz CT molecular complexity index is 821. The van der Waals surface area contributed by atoms with Crippen LogP contribution >= 0.6 is 23.1 Å². The summed E-state index contributed by atoms with van der Waals surface area (Å²) in [5.41, 5.74) is 1.55. The fourth-order valence-corrected chi connectivity index (χ4v) is 4.31. The Morgan fingerprint density at radius 1 is 1.35 bits per heavy atom. The average molecular weight is 346 g/mol. The van der Waals surface area contributed by atoms with Gasteiger partial charge in [-0.25, -0.2) is 4.98 Å². The van der Waals surface area contributed by atoms with Crippen molar-refractivity contribution in [1.29, 1.82) is 0 Å². The molecule has 0 radical (unpaired) electrons. The van der Waals surface area contributed by atoms with Gasteiger partial charge in [0.1, 0.15) is 11.0 Å². The molecular weight excluding hydrogens is 332 g/mol. The normalized spacial score (nSPS) is 12.2. The summed E-state index contributed by atoms with van der Waals surface area (Å²) in [4.78, 5) is 20.0. The lowest BCUT2D eigenvalue weighted by Gasteiger charge is -2.09. The number of rotatable bonds is 6. The zero-order valence-electron chi connectivity index (χ0n) is 12.3. The number of carboxylic acids is 1. The van der Waals surface area contributed by atoms with Gasteiger partial charge in [-0.15, -0.1) is 11.3 Å². The van der Waals surface area contributed by atoms with Gasteiger partial charge < -0.3 is 9.84 Å². The van der Waals surface area contributed by atoms with Gasteiger partial charge in [-0.05, 0) is 42.8 Å². The number of hydrogen-bond donors (Lipinski definition) is 1. The van der Waals surface area contributed by atoms with E-state index in [1.54, 1.807) is 24.5 Å². The van der Waals surface area contributed by atoms with Crippen LogP contribution in [0.2, 0.25) is 0 Å². The minimum absolute atomic E-state index is 0.606. The molecule has 2 aromatic heterocycles. The van der Waals surface area contributed by atoms with Crippen molar-refractivity contribution in [2.24, 2.45) is 0 Å². The van der Waals surface area contributed by atoms with Gasteiger partial charge in [0.25, 0.3) is 0 Å². The average Bonchev–Trinajstić information content (AvgIpc) is 2.95. The molecule has 0 saturated carbocycles. The summed E-state index contributed by atoms with van der Waals surface area (Å²) < 4.78 is 7.19. The standard InChI is InChI=1S/C16H14N2O3S2/c1-2-21-11-3-4-12-13(9-11)22-16(18-12)23-14(15(19)20)10-5-7-17-8-6-10/h3-9,14H,2H2,1H3,(H,19,20). The fourth-order valence-electron chi connectivity index (χ4n) is 2.09. The molecule has 0 amide bonds. The molecule has 7 heteroatoms. The quantitative estimate of drug-likeness (QED) is 0.680. The number of carboxylic acid groups (broad SMARTS) is 1. The fraction of sp³-hybridized carbons (Fsp3) is 0.188. The zero-order chi connectivity index (χ0) is 16.2. The van der Waals surface area contributed by atoms with Crippen LogP contribution in [-0.4, -0.2) is 27.7 Å². The molecule has 2 heterocycles. The van der Waals surface area contributed by atoms with E-state index >= 15 is 0 Å². The summed E-state index contributed by atoms with van der Waals surface area (Å²) in [5.74, 6) is -0.0976. The predicted octanol–water partition coefficient (Wildman–Crippen LogP) is 4.01. The smallest absolute Gasteiger partial charge is 0.321 e. The van der Waals surface area contributed by atoms with E-state index in [4.69, 9.17) is 4.74 Å². The van der Waals surface area contributed by atoms with Crippen LogP contribution < -0.4 is 4.74 Å². The van der Waals surface area contributed by atoms with Crippen LogP contribution in [0.15, 0.2) is 47.1 Å². The summed E-state index contributed by atoms with van der Waals surface area (Å²) in [6.45, 7) is 2.54. The van der Waals surface area contributed by atoms with Gasteiger partial charge in [0.15, 0.2) is 4.34 Å². The van der Waals surface area contributed by atoms with Crippen molar-refractivity contribution in [3.05, 3.63) is 48.3 Å². The SMILES string of the molecule is CCOc1ccc2nc(SC(C(=O)O)c3ccncc3)sc2c1. The van der Waals surface area contributed by atoms with Gasteiger partial charge in [0.05, 0.1) is 16.8 Å². The van der Waals surface area contributed by atoms with Crippen molar-refractivity contribution in [1.82, 2.24) is 9.97 Å². The molecule has 0 aliphatic rings. The number of pyridine rings is 1. The van der Waals surface area contributed by atoms with Crippen molar-refractivity contribution in [2.75, 3.05) is 6.61 Å². The second-order valence-corrected chi connectivity index (χ2v) is 7.04. The molecule has 0 fully saturated rings. The zero-order valence-corrected chi connectivity index (χ0v) is 13.9. The minimum Gasteiger partial charge on any atom is -0.494 e. The van der Waals surface area contributed by atoms with E-state index in [1.165, 1.54) is 23.1 Å². The van der Waals surface area contributed by atoms with Crippen LogP contribution in [0.5, 0.6) is 5.75 Å². The van der Waals surface area contributed by atoms with E-state index in [0.717, 1.165) is 20.3 Å². The molecule has 118 valence electrons. The largest absolute Gasteiger partial charge is 0.494 e. The third-order valence-electron chi connectivity index (χ3n) is 3.10. The molecule has 0 saturated heterocycles.